The molecule has 0 aliphatic carbocycles. The van der Waals surface area contributed by atoms with Gasteiger partial charge in [0, 0.05) is 30.8 Å². The highest BCUT2D eigenvalue weighted by Gasteiger charge is 2.22. The Hall–Kier alpha value is -2.94. The number of nitrogens with zero attached hydrogens (tertiary/aromatic N) is 2. The summed E-state index contributed by atoms with van der Waals surface area (Å²) >= 11 is 0. The number of benzene rings is 2. The molecule has 1 amide bonds. The van der Waals surface area contributed by atoms with Crippen molar-refractivity contribution in [2.75, 3.05) is 22.4 Å². The zero-order chi connectivity index (χ0) is 21.8. The first-order valence-electron chi connectivity index (χ1n) is 9.09. The molecule has 0 bridgehead atoms. The fraction of sp³-hybridized carbons (Fsp3) is 0.350. The monoisotopic (exact) mass is 419 g/mol. The van der Waals surface area contributed by atoms with E-state index in [1.807, 2.05) is 32.0 Å². The number of sulfonamides is 1. The Balaban J connectivity index is 2.12. The summed E-state index contributed by atoms with van der Waals surface area (Å²) in [6, 6.07) is 9.80. The molecule has 0 saturated carbocycles. The van der Waals surface area contributed by atoms with E-state index in [2.05, 4.69) is 5.32 Å². The molecule has 2 rings (SSSR count). The van der Waals surface area contributed by atoms with Crippen molar-refractivity contribution in [3.8, 4) is 0 Å². The van der Waals surface area contributed by atoms with Gasteiger partial charge in [0.2, 0.25) is 15.9 Å². The van der Waals surface area contributed by atoms with Gasteiger partial charge in [0.1, 0.15) is 0 Å². The molecule has 0 unspecified atom stereocenters. The molecular formula is C20H25N3O5S. The van der Waals surface area contributed by atoms with Crippen molar-refractivity contribution in [2.24, 2.45) is 0 Å². The van der Waals surface area contributed by atoms with Crippen molar-refractivity contribution >= 4 is 33.0 Å². The Labute approximate surface area is 170 Å². The summed E-state index contributed by atoms with van der Waals surface area (Å²) < 4.78 is 25.7. The standard InChI is InChI=1S/C20H25N3O5S/c1-14-10-11-17(23(25)26)13-18(14)22(29(4,27)28)12-6-9-19(24)21-20-15(2)7-5-8-16(20)3/h5,7-8,10-11,13H,6,9,12H2,1-4H3,(H,21,24). The van der Waals surface area contributed by atoms with Gasteiger partial charge in [-0.1, -0.05) is 24.3 Å². The van der Waals surface area contributed by atoms with Crippen LogP contribution >= 0.6 is 0 Å². The maximum Gasteiger partial charge on any atom is 0.271 e. The number of non-ortho nitro benzene ring substituents is 1. The predicted molar refractivity (Wildman–Crippen MR) is 114 cm³/mol. The number of carbonyl (C=O) groups is 1. The van der Waals surface area contributed by atoms with Crippen LogP contribution in [-0.4, -0.2) is 32.0 Å². The normalized spacial score (nSPS) is 11.2. The third kappa shape index (κ3) is 5.77. The van der Waals surface area contributed by atoms with Crippen LogP contribution in [-0.2, 0) is 14.8 Å². The molecule has 0 aliphatic rings. The van der Waals surface area contributed by atoms with E-state index in [1.54, 1.807) is 6.92 Å². The van der Waals surface area contributed by atoms with Crippen LogP contribution in [0.25, 0.3) is 0 Å². The van der Waals surface area contributed by atoms with Gasteiger partial charge in [0.15, 0.2) is 0 Å². The van der Waals surface area contributed by atoms with E-state index in [-0.39, 0.29) is 36.7 Å². The molecule has 0 spiro atoms. The molecule has 2 aromatic rings. The SMILES string of the molecule is Cc1ccc([N+](=O)[O-])cc1N(CCCC(=O)Nc1c(C)cccc1C)S(C)(=O)=O. The summed E-state index contributed by atoms with van der Waals surface area (Å²) in [5, 5.41) is 13.9. The number of aryl methyl sites for hydroxylation is 3. The highest BCUT2D eigenvalue weighted by molar-refractivity contribution is 7.92. The zero-order valence-corrected chi connectivity index (χ0v) is 17.7. The van der Waals surface area contributed by atoms with Gasteiger partial charge < -0.3 is 5.32 Å². The van der Waals surface area contributed by atoms with Crippen molar-refractivity contribution < 1.29 is 18.1 Å². The Morgan fingerprint density at radius 1 is 1.10 bits per heavy atom. The first-order chi connectivity index (χ1) is 13.5. The molecule has 0 aliphatic heterocycles. The first-order valence-corrected chi connectivity index (χ1v) is 10.9. The van der Waals surface area contributed by atoms with E-state index in [1.165, 1.54) is 18.2 Å². The molecule has 0 atom stereocenters. The molecular weight excluding hydrogens is 394 g/mol. The second-order valence-electron chi connectivity index (χ2n) is 6.98. The minimum Gasteiger partial charge on any atom is -0.326 e. The lowest BCUT2D eigenvalue weighted by molar-refractivity contribution is -0.384. The predicted octanol–water partition coefficient (Wildman–Crippen LogP) is 3.70. The molecule has 9 heteroatoms. The summed E-state index contributed by atoms with van der Waals surface area (Å²) in [4.78, 5) is 22.8. The minimum absolute atomic E-state index is 0.0427. The summed E-state index contributed by atoms with van der Waals surface area (Å²) in [6.07, 6.45) is 1.43. The third-order valence-corrected chi connectivity index (χ3v) is 5.76. The largest absolute Gasteiger partial charge is 0.326 e. The van der Waals surface area contributed by atoms with Crippen molar-refractivity contribution in [3.63, 3.8) is 0 Å². The number of rotatable bonds is 8. The second-order valence-corrected chi connectivity index (χ2v) is 8.89. The van der Waals surface area contributed by atoms with Gasteiger partial charge in [0.05, 0.1) is 16.9 Å². The van der Waals surface area contributed by atoms with Crippen molar-refractivity contribution in [2.45, 2.75) is 33.6 Å². The lowest BCUT2D eigenvalue weighted by Gasteiger charge is -2.24. The number of nitro benzene ring substituents is 1. The topological polar surface area (TPSA) is 110 Å². The van der Waals surface area contributed by atoms with Gasteiger partial charge in [-0.25, -0.2) is 8.42 Å². The van der Waals surface area contributed by atoms with Crippen LogP contribution in [0.4, 0.5) is 17.1 Å². The van der Waals surface area contributed by atoms with E-state index < -0.39 is 14.9 Å². The number of nitro groups is 1. The van der Waals surface area contributed by atoms with Gasteiger partial charge >= 0.3 is 0 Å². The Morgan fingerprint density at radius 2 is 1.72 bits per heavy atom. The number of nitrogens with one attached hydrogen (secondary N) is 1. The van der Waals surface area contributed by atoms with Crippen LogP contribution in [0.1, 0.15) is 29.5 Å². The zero-order valence-electron chi connectivity index (χ0n) is 16.9. The van der Waals surface area contributed by atoms with Crippen LogP contribution in [0.2, 0.25) is 0 Å². The molecule has 0 heterocycles. The van der Waals surface area contributed by atoms with Gasteiger partial charge in [-0.2, -0.15) is 0 Å². The Morgan fingerprint density at radius 3 is 2.28 bits per heavy atom. The maximum absolute atomic E-state index is 12.3. The van der Waals surface area contributed by atoms with Crippen molar-refractivity contribution in [3.05, 3.63) is 63.2 Å². The number of amides is 1. The third-order valence-electron chi connectivity index (χ3n) is 4.58. The molecule has 0 radical (unpaired) electrons. The quantitative estimate of drug-likeness (QED) is 0.518. The number of anilines is 2. The van der Waals surface area contributed by atoms with Crippen LogP contribution in [0.5, 0.6) is 0 Å². The molecule has 8 nitrogen and oxygen atoms in total. The second kappa shape index (κ2) is 9.04. The van der Waals surface area contributed by atoms with E-state index >= 15 is 0 Å². The van der Waals surface area contributed by atoms with E-state index in [9.17, 15) is 23.3 Å². The molecule has 2 aromatic carbocycles. The smallest absolute Gasteiger partial charge is 0.271 e. The van der Waals surface area contributed by atoms with E-state index in [4.69, 9.17) is 0 Å². The number of para-hydroxylation sites is 1. The number of carbonyl (C=O) groups excluding carboxylic acids is 1. The molecule has 0 saturated heterocycles. The van der Waals surface area contributed by atoms with Crippen molar-refractivity contribution in [1.82, 2.24) is 0 Å². The lowest BCUT2D eigenvalue weighted by Crippen LogP contribution is -2.32. The molecule has 0 fully saturated rings. The maximum atomic E-state index is 12.3. The fourth-order valence-electron chi connectivity index (χ4n) is 3.04. The minimum atomic E-state index is -3.67. The van der Waals surface area contributed by atoms with Crippen LogP contribution in [0, 0.1) is 30.9 Å². The highest BCUT2D eigenvalue weighted by atomic mass is 32.2. The van der Waals surface area contributed by atoms with Gasteiger partial charge in [-0.3, -0.25) is 19.2 Å². The van der Waals surface area contributed by atoms with E-state index in [0.29, 0.717) is 5.56 Å². The summed E-state index contributed by atoms with van der Waals surface area (Å²) in [5.74, 6) is -0.216. The molecule has 1 N–H and O–H groups in total. The first kappa shape index (κ1) is 22.4. The number of hydrogen-bond acceptors (Lipinski definition) is 5. The number of hydrogen-bond donors (Lipinski definition) is 1. The highest BCUT2D eigenvalue weighted by Crippen LogP contribution is 2.28. The average molecular weight is 420 g/mol. The summed E-state index contributed by atoms with van der Waals surface area (Å²) in [5.41, 5.74) is 3.31. The van der Waals surface area contributed by atoms with Gasteiger partial charge in [-0.05, 0) is 43.9 Å². The Bertz CT molecular complexity index is 1010. The molecule has 0 aromatic heterocycles. The van der Waals surface area contributed by atoms with Gasteiger partial charge in [0.25, 0.3) is 5.69 Å². The van der Waals surface area contributed by atoms with Gasteiger partial charge in [-0.15, -0.1) is 0 Å². The molecule has 156 valence electrons. The van der Waals surface area contributed by atoms with Crippen LogP contribution in [0.15, 0.2) is 36.4 Å². The average Bonchev–Trinajstić information content (AvgIpc) is 2.61. The van der Waals surface area contributed by atoms with Crippen LogP contribution in [0.3, 0.4) is 0 Å². The van der Waals surface area contributed by atoms with E-state index in [0.717, 1.165) is 27.4 Å². The molecule has 29 heavy (non-hydrogen) atoms. The fourth-order valence-corrected chi connectivity index (χ4v) is 4.06. The lowest BCUT2D eigenvalue weighted by atomic mass is 10.1. The van der Waals surface area contributed by atoms with Crippen LogP contribution < -0.4 is 9.62 Å². The van der Waals surface area contributed by atoms with Crippen molar-refractivity contribution in [1.29, 1.82) is 0 Å². The Kier molecular flexibility index (Phi) is 6.97. The summed E-state index contributed by atoms with van der Waals surface area (Å²) in [6.45, 7) is 5.53. The summed E-state index contributed by atoms with van der Waals surface area (Å²) in [7, 11) is -3.67.